The molecule has 0 radical (unpaired) electrons. The lowest BCUT2D eigenvalue weighted by molar-refractivity contribution is -0.142. The number of rotatable bonds is 9. The average molecular weight is 572 g/mol. The Morgan fingerprint density at radius 1 is 1.09 bits per heavy atom. The van der Waals surface area contributed by atoms with Crippen molar-refractivity contribution < 1.29 is 14.3 Å². The monoisotopic (exact) mass is 570 g/mol. The third kappa shape index (κ3) is 8.17. The zero-order chi connectivity index (χ0) is 25.6. The molecule has 0 saturated carbocycles. The van der Waals surface area contributed by atoms with Crippen molar-refractivity contribution in [2.75, 3.05) is 13.2 Å². The second-order valence-corrected chi connectivity index (χ2v) is 11.5. The van der Waals surface area contributed by atoms with Crippen LogP contribution in [0.4, 0.5) is 0 Å². The SMILES string of the molecule is CC(C)CNC(=O)[C@@H](C)N(Cc1ccc(Cl)cc1Cl)C(=O)COc1ccc(C(C)(C)C)cc1Br. The average Bonchev–Trinajstić information content (AvgIpc) is 2.74. The molecule has 0 aliphatic heterocycles. The lowest BCUT2D eigenvalue weighted by Gasteiger charge is -2.29. The predicted molar refractivity (Wildman–Crippen MR) is 143 cm³/mol. The molecule has 2 amide bonds. The molecule has 0 spiro atoms. The topological polar surface area (TPSA) is 58.6 Å². The maximum Gasteiger partial charge on any atom is 0.261 e. The van der Waals surface area contributed by atoms with E-state index in [1.165, 1.54) is 4.90 Å². The first-order valence-electron chi connectivity index (χ1n) is 11.2. The van der Waals surface area contributed by atoms with Gasteiger partial charge in [0.1, 0.15) is 11.8 Å². The first-order valence-corrected chi connectivity index (χ1v) is 12.8. The van der Waals surface area contributed by atoms with Gasteiger partial charge in [0.15, 0.2) is 6.61 Å². The molecule has 5 nitrogen and oxygen atoms in total. The van der Waals surface area contributed by atoms with E-state index in [1.807, 2.05) is 32.0 Å². The molecule has 0 aliphatic carbocycles. The molecule has 0 heterocycles. The Hall–Kier alpha value is -1.76. The first kappa shape index (κ1) is 28.5. The number of nitrogens with zero attached hydrogens (tertiary/aromatic N) is 1. The highest BCUT2D eigenvalue weighted by molar-refractivity contribution is 9.10. The Bertz CT molecular complexity index is 1020. The Balaban J connectivity index is 2.21. The lowest BCUT2D eigenvalue weighted by Crippen LogP contribution is -2.49. The zero-order valence-corrected chi connectivity index (χ0v) is 23.6. The van der Waals surface area contributed by atoms with E-state index in [4.69, 9.17) is 27.9 Å². The van der Waals surface area contributed by atoms with Crippen LogP contribution in [-0.2, 0) is 21.5 Å². The highest BCUT2D eigenvalue weighted by atomic mass is 79.9. The van der Waals surface area contributed by atoms with Gasteiger partial charge >= 0.3 is 0 Å². The summed E-state index contributed by atoms with van der Waals surface area (Å²) in [6, 6.07) is 10.2. The van der Waals surface area contributed by atoms with Crippen molar-refractivity contribution in [1.29, 1.82) is 0 Å². The van der Waals surface area contributed by atoms with Gasteiger partial charge < -0.3 is 15.0 Å². The van der Waals surface area contributed by atoms with Crippen LogP contribution in [0.1, 0.15) is 52.7 Å². The third-order valence-electron chi connectivity index (χ3n) is 5.36. The van der Waals surface area contributed by atoms with Gasteiger partial charge in [0.05, 0.1) is 4.47 Å². The summed E-state index contributed by atoms with van der Waals surface area (Å²) in [5, 5.41) is 3.83. The zero-order valence-electron chi connectivity index (χ0n) is 20.5. The molecular weight excluding hydrogens is 539 g/mol. The van der Waals surface area contributed by atoms with Gasteiger partial charge in [-0.1, -0.05) is 70.0 Å². The fourth-order valence-corrected chi connectivity index (χ4v) is 4.14. The van der Waals surface area contributed by atoms with Crippen LogP contribution in [0.15, 0.2) is 40.9 Å². The van der Waals surface area contributed by atoms with E-state index in [-0.39, 0.29) is 30.4 Å². The van der Waals surface area contributed by atoms with Crippen LogP contribution >= 0.6 is 39.1 Å². The number of amides is 2. The molecule has 0 saturated heterocycles. The predicted octanol–water partition coefficient (Wildman–Crippen LogP) is 6.62. The minimum absolute atomic E-state index is 0.00963. The van der Waals surface area contributed by atoms with Crippen molar-refractivity contribution in [2.45, 2.75) is 59.5 Å². The third-order valence-corrected chi connectivity index (χ3v) is 6.56. The van der Waals surface area contributed by atoms with Crippen LogP contribution in [-0.4, -0.2) is 35.9 Å². The Morgan fingerprint density at radius 2 is 1.76 bits per heavy atom. The number of halogens is 3. The molecule has 34 heavy (non-hydrogen) atoms. The summed E-state index contributed by atoms with van der Waals surface area (Å²) >= 11 is 15.9. The maximum atomic E-state index is 13.3. The standard InChI is InChI=1S/C26H33BrCl2N2O3/c1-16(2)13-30-25(33)17(3)31(14-18-7-9-20(28)12-22(18)29)24(32)15-34-23-10-8-19(11-21(23)27)26(4,5)6/h7-12,16-17H,13-15H2,1-6H3,(H,30,33)/t17-/m1/s1. The summed E-state index contributed by atoms with van der Waals surface area (Å²) in [5.41, 5.74) is 1.83. The van der Waals surface area contributed by atoms with E-state index in [1.54, 1.807) is 25.1 Å². The highest BCUT2D eigenvalue weighted by Gasteiger charge is 2.27. The van der Waals surface area contributed by atoms with Crippen LogP contribution in [0.2, 0.25) is 10.0 Å². The number of carbonyl (C=O) groups is 2. The number of benzene rings is 2. The van der Waals surface area contributed by atoms with Crippen LogP contribution in [0.25, 0.3) is 0 Å². The number of ether oxygens (including phenoxy) is 1. The minimum Gasteiger partial charge on any atom is -0.483 e. The first-order chi connectivity index (χ1) is 15.8. The molecule has 2 rings (SSSR count). The van der Waals surface area contributed by atoms with Gasteiger partial charge in [-0.25, -0.2) is 0 Å². The molecule has 0 aromatic heterocycles. The van der Waals surface area contributed by atoms with Gasteiger partial charge in [-0.15, -0.1) is 0 Å². The number of hydrogen-bond donors (Lipinski definition) is 1. The fourth-order valence-electron chi connectivity index (χ4n) is 3.18. The summed E-state index contributed by atoms with van der Waals surface area (Å²) in [6.45, 7) is 12.6. The largest absolute Gasteiger partial charge is 0.483 e. The molecule has 0 fully saturated rings. The van der Waals surface area contributed by atoms with E-state index in [0.717, 1.165) is 10.0 Å². The summed E-state index contributed by atoms with van der Waals surface area (Å²) in [4.78, 5) is 27.5. The quantitative estimate of drug-likeness (QED) is 0.368. The summed E-state index contributed by atoms with van der Waals surface area (Å²) in [5.74, 6) is 0.290. The van der Waals surface area contributed by atoms with Gasteiger partial charge in [-0.05, 0) is 69.6 Å². The maximum absolute atomic E-state index is 13.3. The van der Waals surface area contributed by atoms with E-state index in [0.29, 0.717) is 33.8 Å². The molecule has 2 aromatic rings. The fraction of sp³-hybridized carbons (Fsp3) is 0.462. The van der Waals surface area contributed by atoms with E-state index in [9.17, 15) is 9.59 Å². The smallest absolute Gasteiger partial charge is 0.261 e. The Morgan fingerprint density at radius 3 is 2.32 bits per heavy atom. The molecule has 8 heteroatoms. The number of hydrogen-bond acceptors (Lipinski definition) is 3. The molecular formula is C26H33BrCl2N2O3. The van der Waals surface area contributed by atoms with Crippen molar-refractivity contribution >= 4 is 50.9 Å². The second kappa shape index (κ2) is 12.3. The normalized spacial score (nSPS) is 12.4. The van der Waals surface area contributed by atoms with E-state index >= 15 is 0 Å². The van der Waals surface area contributed by atoms with Crippen molar-refractivity contribution in [2.24, 2.45) is 5.92 Å². The van der Waals surface area contributed by atoms with Gasteiger partial charge in [0.2, 0.25) is 5.91 Å². The van der Waals surface area contributed by atoms with Crippen LogP contribution in [0.3, 0.4) is 0 Å². The highest BCUT2D eigenvalue weighted by Crippen LogP contribution is 2.31. The van der Waals surface area contributed by atoms with E-state index in [2.05, 4.69) is 42.0 Å². The molecule has 1 atom stereocenters. The van der Waals surface area contributed by atoms with Crippen LogP contribution in [0, 0.1) is 5.92 Å². The van der Waals surface area contributed by atoms with Crippen molar-refractivity contribution in [1.82, 2.24) is 10.2 Å². The molecule has 2 aromatic carbocycles. The van der Waals surface area contributed by atoms with Crippen molar-refractivity contribution in [3.63, 3.8) is 0 Å². The van der Waals surface area contributed by atoms with Crippen molar-refractivity contribution in [3.8, 4) is 5.75 Å². The van der Waals surface area contributed by atoms with Gasteiger partial charge in [-0.3, -0.25) is 9.59 Å². The number of nitrogens with one attached hydrogen (secondary N) is 1. The Labute approximate surface area is 221 Å². The molecule has 186 valence electrons. The summed E-state index contributed by atoms with van der Waals surface area (Å²) < 4.78 is 6.60. The summed E-state index contributed by atoms with van der Waals surface area (Å²) in [7, 11) is 0. The lowest BCUT2D eigenvalue weighted by atomic mass is 9.87. The van der Waals surface area contributed by atoms with Gasteiger partial charge in [0.25, 0.3) is 5.91 Å². The van der Waals surface area contributed by atoms with E-state index < -0.39 is 6.04 Å². The second-order valence-electron chi connectivity index (χ2n) is 9.76. The van der Waals surface area contributed by atoms with Gasteiger partial charge in [-0.2, -0.15) is 0 Å². The summed E-state index contributed by atoms with van der Waals surface area (Å²) in [6.07, 6.45) is 0. The molecule has 1 N–H and O–H groups in total. The van der Waals surface area contributed by atoms with Crippen LogP contribution in [0.5, 0.6) is 5.75 Å². The van der Waals surface area contributed by atoms with Crippen LogP contribution < -0.4 is 10.1 Å². The van der Waals surface area contributed by atoms with Crippen molar-refractivity contribution in [3.05, 3.63) is 62.0 Å². The number of carbonyl (C=O) groups excluding carboxylic acids is 2. The molecule has 0 aliphatic rings. The molecule has 0 unspecified atom stereocenters. The van der Waals surface area contributed by atoms with Gasteiger partial charge in [0, 0.05) is 23.1 Å². The Kier molecular flexibility index (Phi) is 10.3. The minimum atomic E-state index is -0.715. The molecule has 0 bridgehead atoms.